The Balaban J connectivity index is 1.86. The van der Waals surface area contributed by atoms with Crippen LogP contribution in [0.3, 0.4) is 0 Å². The van der Waals surface area contributed by atoms with Gasteiger partial charge in [0.05, 0.1) is 18.0 Å². The Morgan fingerprint density at radius 2 is 1.92 bits per heavy atom. The molecule has 6 nitrogen and oxygen atoms in total. The van der Waals surface area contributed by atoms with E-state index in [1.807, 2.05) is 30.3 Å². The number of methoxy groups -OCH3 is 1. The minimum Gasteiger partial charge on any atom is -0.496 e. The number of hydrogen-bond donors (Lipinski definition) is 2. The molecule has 1 heterocycles. The molecule has 2 aromatic carbocycles. The highest BCUT2D eigenvalue weighted by atomic mass is 32.1. The van der Waals surface area contributed by atoms with Gasteiger partial charge in [0.2, 0.25) is 5.91 Å². The topological polar surface area (TPSA) is 76.1 Å². The zero-order valence-corrected chi connectivity index (χ0v) is 15.3. The van der Waals surface area contributed by atoms with Crippen molar-refractivity contribution in [3.8, 4) is 5.75 Å². The van der Waals surface area contributed by atoms with Gasteiger partial charge in [-0.15, -0.1) is 0 Å². The van der Waals surface area contributed by atoms with E-state index < -0.39 is 6.04 Å². The van der Waals surface area contributed by atoms with Crippen LogP contribution in [-0.2, 0) is 11.3 Å². The van der Waals surface area contributed by atoms with Gasteiger partial charge in [-0.2, -0.15) is 0 Å². The van der Waals surface area contributed by atoms with E-state index in [1.165, 1.54) is 4.57 Å². The molecule has 1 atom stereocenters. The highest BCUT2D eigenvalue weighted by molar-refractivity contribution is 7.71. The van der Waals surface area contributed by atoms with Crippen molar-refractivity contribution >= 4 is 29.0 Å². The van der Waals surface area contributed by atoms with E-state index in [9.17, 15) is 9.59 Å². The van der Waals surface area contributed by atoms with Gasteiger partial charge < -0.3 is 15.0 Å². The number of amides is 1. The fourth-order valence-electron chi connectivity index (χ4n) is 2.82. The van der Waals surface area contributed by atoms with Crippen molar-refractivity contribution in [2.45, 2.75) is 19.5 Å². The summed E-state index contributed by atoms with van der Waals surface area (Å²) in [6.07, 6.45) is 0. The number of ether oxygens (including phenoxy) is 1. The lowest BCUT2D eigenvalue weighted by Gasteiger charge is -2.16. The summed E-state index contributed by atoms with van der Waals surface area (Å²) in [7, 11) is 1.58. The zero-order valence-electron chi connectivity index (χ0n) is 14.5. The molecule has 0 fully saturated rings. The number of carbonyl (C=O) groups is 1. The number of rotatable bonds is 5. The number of nitrogens with zero attached hydrogens (tertiary/aromatic N) is 1. The summed E-state index contributed by atoms with van der Waals surface area (Å²) in [5.41, 5.74) is 1.22. The second-order valence-electron chi connectivity index (χ2n) is 5.86. The quantitative estimate of drug-likeness (QED) is 0.678. The fourth-order valence-corrected chi connectivity index (χ4v) is 3.18. The molecule has 0 aliphatic carbocycles. The molecule has 0 spiro atoms. The Kier molecular flexibility index (Phi) is 5.18. The van der Waals surface area contributed by atoms with Gasteiger partial charge in [0, 0.05) is 12.1 Å². The van der Waals surface area contributed by atoms with Crippen molar-refractivity contribution in [2.75, 3.05) is 7.11 Å². The molecule has 0 aliphatic rings. The minimum absolute atomic E-state index is 0.216. The Labute approximate surface area is 155 Å². The van der Waals surface area contributed by atoms with E-state index in [0.29, 0.717) is 23.2 Å². The number of H-pyrrole nitrogens is 1. The molecular formula is C19H19N3O3S. The summed E-state index contributed by atoms with van der Waals surface area (Å²) in [6.45, 7) is 1.95. The van der Waals surface area contributed by atoms with Crippen molar-refractivity contribution < 1.29 is 9.53 Å². The normalized spacial score (nSPS) is 11.9. The van der Waals surface area contributed by atoms with Crippen LogP contribution < -0.4 is 15.6 Å². The van der Waals surface area contributed by atoms with Gasteiger partial charge >= 0.3 is 0 Å². The van der Waals surface area contributed by atoms with E-state index in [-0.39, 0.29) is 16.2 Å². The molecule has 3 rings (SSSR count). The van der Waals surface area contributed by atoms with E-state index in [4.69, 9.17) is 17.0 Å². The van der Waals surface area contributed by atoms with Crippen LogP contribution in [0.1, 0.15) is 18.5 Å². The molecule has 0 bridgehead atoms. The highest BCUT2D eigenvalue weighted by Crippen LogP contribution is 2.17. The van der Waals surface area contributed by atoms with Crippen LogP contribution in [0.4, 0.5) is 0 Å². The average molecular weight is 369 g/mol. The fraction of sp³-hybridized carbons (Fsp3) is 0.211. The van der Waals surface area contributed by atoms with Crippen LogP contribution in [0.15, 0.2) is 53.3 Å². The van der Waals surface area contributed by atoms with E-state index in [0.717, 1.165) is 5.56 Å². The first-order chi connectivity index (χ1) is 12.5. The number of benzene rings is 2. The number of para-hydroxylation sites is 2. The molecule has 2 N–H and O–H groups in total. The van der Waals surface area contributed by atoms with Gasteiger partial charge in [-0.05, 0) is 37.3 Å². The largest absolute Gasteiger partial charge is 0.496 e. The average Bonchev–Trinajstić information content (AvgIpc) is 2.66. The Hall–Kier alpha value is -2.93. The Bertz CT molecular complexity index is 1070. The van der Waals surface area contributed by atoms with Crippen molar-refractivity contribution in [3.63, 3.8) is 0 Å². The Morgan fingerprint density at radius 3 is 2.69 bits per heavy atom. The third-order valence-corrected chi connectivity index (χ3v) is 4.55. The first-order valence-corrected chi connectivity index (χ1v) is 8.57. The maximum Gasteiger partial charge on any atom is 0.262 e. The molecule has 26 heavy (non-hydrogen) atoms. The summed E-state index contributed by atoms with van der Waals surface area (Å²) < 4.78 is 6.80. The van der Waals surface area contributed by atoms with Gasteiger partial charge in [-0.25, -0.2) is 0 Å². The third-order valence-electron chi connectivity index (χ3n) is 4.25. The van der Waals surface area contributed by atoms with Crippen LogP contribution in [0, 0.1) is 4.77 Å². The number of carbonyl (C=O) groups excluding carboxylic acids is 1. The number of aromatic amines is 1. The van der Waals surface area contributed by atoms with E-state index in [1.54, 1.807) is 32.2 Å². The molecule has 7 heteroatoms. The molecule has 3 aromatic rings. The molecule has 0 radical (unpaired) electrons. The van der Waals surface area contributed by atoms with E-state index >= 15 is 0 Å². The SMILES string of the molecule is COc1ccccc1CNC(=O)[C@H](C)n1c(=S)[nH]c2ccccc2c1=O. The monoisotopic (exact) mass is 369 g/mol. The standard InChI is InChI=1S/C19H19N3O3S/c1-12(17(23)20-11-13-7-3-6-10-16(13)25-2)22-18(24)14-8-4-5-9-15(14)21-19(22)26/h3-10,12H,11H2,1-2H3,(H,20,23)(H,21,26)/t12-/m0/s1. The first-order valence-electron chi connectivity index (χ1n) is 8.16. The maximum atomic E-state index is 12.7. The Morgan fingerprint density at radius 1 is 1.23 bits per heavy atom. The lowest BCUT2D eigenvalue weighted by Crippen LogP contribution is -2.36. The summed E-state index contributed by atoms with van der Waals surface area (Å²) >= 11 is 5.29. The predicted molar refractivity (Wildman–Crippen MR) is 103 cm³/mol. The van der Waals surface area contributed by atoms with Crippen molar-refractivity contribution in [1.82, 2.24) is 14.9 Å². The summed E-state index contributed by atoms with van der Waals surface area (Å²) in [5.74, 6) is 0.397. The first kappa shape index (κ1) is 17.9. The number of hydrogen-bond acceptors (Lipinski definition) is 4. The second kappa shape index (κ2) is 7.53. The summed E-state index contributed by atoms with van der Waals surface area (Å²) in [4.78, 5) is 28.3. The number of nitrogens with one attached hydrogen (secondary N) is 2. The van der Waals surface area contributed by atoms with Crippen LogP contribution in [0.5, 0.6) is 5.75 Å². The minimum atomic E-state index is -0.745. The zero-order chi connectivity index (χ0) is 18.7. The molecular weight excluding hydrogens is 350 g/mol. The van der Waals surface area contributed by atoms with Gasteiger partial charge in [0.1, 0.15) is 11.8 Å². The van der Waals surface area contributed by atoms with Crippen LogP contribution in [0.2, 0.25) is 0 Å². The second-order valence-corrected chi connectivity index (χ2v) is 6.24. The van der Waals surface area contributed by atoms with Gasteiger partial charge in [0.15, 0.2) is 4.77 Å². The third kappa shape index (κ3) is 3.39. The van der Waals surface area contributed by atoms with Crippen molar-refractivity contribution in [1.29, 1.82) is 0 Å². The predicted octanol–water partition coefficient (Wildman–Crippen LogP) is 2.95. The summed E-state index contributed by atoms with van der Waals surface area (Å²) in [6, 6.07) is 13.8. The van der Waals surface area contributed by atoms with Crippen molar-refractivity contribution in [3.05, 3.63) is 69.2 Å². The van der Waals surface area contributed by atoms with Crippen molar-refractivity contribution in [2.24, 2.45) is 0 Å². The molecule has 0 unspecified atom stereocenters. The van der Waals surface area contributed by atoms with Gasteiger partial charge in [-0.3, -0.25) is 14.2 Å². The molecule has 1 amide bonds. The smallest absolute Gasteiger partial charge is 0.262 e. The highest BCUT2D eigenvalue weighted by Gasteiger charge is 2.19. The number of aromatic nitrogens is 2. The number of fused-ring (bicyclic) bond motifs is 1. The summed E-state index contributed by atoms with van der Waals surface area (Å²) in [5, 5.41) is 3.33. The molecule has 0 aliphatic heterocycles. The van der Waals surface area contributed by atoms with Gasteiger partial charge in [-0.1, -0.05) is 30.3 Å². The van der Waals surface area contributed by atoms with E-state index in [2.05, 4.69) is 10.3 Å². The molecule has 134 valence electrons. The van der Waals surface area contributed by atoms with Gasteiger partial charge in [0.25, 0.3) is 5.56 Å². The lowest BCUT2D eigenvalue weighted by molar-refractivity contribution is -0.124. The molecule has 1 aromatic heterocycles. The van der Waals surface area contributed by atoms with Crippen LogP contribution in [-0.4, -0.2) is 22.6 Å². The lowest BCUT2D eigenvalue weighted by atomic mass is 10.2. The maximum absolute atomic E-state index is 12.7. The molecule has 0 saturated carbocycles. The van der Waals surface area contributed by atoms with Crippen LogP contribution >= 0.6 is 12.2 Å². The van der Waals surface area contributed by atoms with Crippen LogP contribution in [0.25, 0.3) is 10.9 Å². The molecule has 0 saturated heterocycles.